The molecule has 11 heteroatoms. The lowest BCUT2D eigenvalue weighted by molar-refractivity contribution is -0.121. The van der Waals surface area contributed by atoms with Crippen LogP contribution in [0.5, 0.6) is 0 Å². The molecule has 1 amide bonds. The van der Waals surface area contributed by atoms with E-state index in [1.165, 1.54) is 4.31 Å². The van der Waals surface area contributed by atoms with E-state index < -0.39 is 10.0 Å². The summed E-state index contributed by atoms with van der Waals surface area (Å²) in [7, 11) is -3.53. The number of benzene rings is 2. The van der Waals surface area contributed by atoms with E-state index in [1.807, 2.05) is 0 Å². The van der Waals surface area contributed by atoms with Gasteiger partial charge in [-0.2, -0.15) is 9.29 Å². The highest BCUT2D eigenvalue weighted by Gasteiger charge is 2.26. The summed E-state index contributed by atoms with van der Waals surface area (Å²) in [5, 5.41) is 7.36. The summed E-state index contributed by atoms with van der Waals surface area (Å²) in [4.78, 5) is 16.7. The normalized spacial score (nSPS) is 14.8. The summed E-state index contributed by atoms with van der Waals surface area (Å²) in [6.07, 6.45) is 0.495. The van der Waals surface area contributed by atoms with Gasteiger partial charge < -0.3 is 14.6 Å². The van der Waals surface area contributed by atoms with Crippen molar-refractivity contribution >= 4 is 27.5 Å². The molecule has 0 bridgehead atoms. The molecule has 0 saturated carbocycles. The third-order valence-corrected chi connectivity index (χ3v) is 7.32. The van der Waals surface area contributed by atoms with E-state index in [0.717, 1.165) is 11.1 Å². The standard InChI is InChI=1S/C22H23ClN4O5S/c23-18-5-3-17(4-6-18)22-25-21(32-26-22)10-9-20(28)24-15-16-1-7-19(8-2-16)33(29,30)27-11-13-31-14-12-27/h1-8H,9-15H2,(H,24,28). The van der Waals surface area contributed by atoms with E-state index in [-0.39, 0.29) is 23.8 Å². The second-order valence-corrected chi connectivity index (χ2v) is 9.83. The third-order valence-electron chi connectivity index (χ3n) is 5.16. The van der Waals surface area contributed by atoms with Gasteiger partial charge >= 0.3 is 0 Å². The number of hydrogen-bond acceptors (Lipinski definition) is 7. The molecular weight excluding hydrogens is 468 g/mol. The number of hydrogen-bond donors (Lipinski definition) is 1. The van der Waals surface area contributed by atoms with Gasteiger partial charge in [0.2, 0.25) is 27.6 Å². The number of rotatable bonds is 8. The zero-order chi connectivity index (χ0) is 23.3. The first-order valence-corrected chi connectivity index (χ1v) is 12.3. The molecule has 0 unspecified atom stereocenters. The summed E-state index contributed by atoms with van der Waals surface area (Å²) >= 11 is 5.88. The van der Waals surface area contributed by atoms with Gasteiger partial charge in [-0.3, -0.25) is 4.79 Å². The molecule has 2 heterocycles. The lowest BCUT2D eigenvalue weighted by Crippen LogP contribution is -2.40. The Morgan fingerprint density at radius 2 is 1.76 bits per heavy atom. The molecule has 1 saturated heterocycles. The molecule has 0 atom stereocenters. The molecule has 33 heavy (non-hydrogen) atoms. The Labute approximate surface area is 196 Å². The van der Waals surface area contributed by atoms with Gasteiger partial charge in [0.1, 0.15) is 0 Å². The third kappa shape index (κ3) is 5.97. The summed E-state index contributed by atoms with van der Waals surface area (Å²) in [5.74, 6) is 0.633. The second-order valence-electron chi connectivity index (χ2n) is 7.46. The number of nitrogens with one attached hydrogen (secondary N) is 1. The lowest BCUT2D eigenvalue weighted by atomic mass is 10.2. The van der Waals surface area contributed by atoms with Crippen molar-refractivity contribution in [3.8, 4) is 11.4 Å². The van der Waals surface area contributed by atoms with Crippen LogP contribution in [0.4, 0.5) is 0 Å². The highest BCUT2D eigenvalue weighted by molar-refractivity contribution is 7.89. The van der Waals surface area contributed by atoms with Gasteiger partial charge in [0.15, 0.2) is 0 Å². The maximum atomic E-state index is 12.7. The molecule has 1 aromatic heterocycles. The number of amides is 1. The van der Waals surface area contributed by atoms with Crippen LogP contribution >= 0.6 is 11.6 Å². The lowest BCUT2D eigenvalue weighted by Gasteiger charge is -2.26. The highest BCUT2D eigenvalue weighted by atomic mass is 35.5. The van der Waals surface area contributed by atoms with E-state index in [9.17, 15) is 13.2 Å². The van der Waals surface area contributed by atoms with Crippen molar-refractivity contribution in [2.75, 3.05) is 26.3 Å². The van der Waals surface area contributed by atoms with Gasteiger partial charge in [-0.15, -0.1) is 0 Å². The fourth-order valence-corrected chi connectivity index (χ4v) is 4.83. The molecular formula is C22H23ClN4O5S. The van der Waals surface area contributed by atoms with Gasteiger partial charge in [0, 0.05) is 43.1 Å². The predicted molar refractivity (Wildman–Crippen MR) is 121 cm³/mol. The van der Waals surface area contributed by atoms with Crippen molar-refractivity contribution < 1.29 is 22.5 Å². The first kappa shape index (κ1) is 23.4. The van der Waals surface area contributed by atoms with E-state index in [2.05, 4.69) is 15.5 Å². The molecule has 0 spiro atoms. The molecule has 9 nitrogen and oxygen atoms in total. The summed E-state index contributed by atoms with van der Waals surface area (Å²) in [5.41, 5.74) is 1.57. The Morgan fingerprint density at radius 1 is 1.06 bits per heavy atom. The van der Waals surface area contributed by atoms with Gasteiger partial charge in [-0.05, 0) is 42.0 Å². The van der Waals surface area contributed by atoms with Crippen LogP contribution in [0.2, 0.25) is 5.02 Å². The summed E-state index contributed by atoms with van der Waals surface area (Å²) < 4.78 is 37.2. The van der Waals surface area contributed by atoms with Crippen LogP contribution in [0, 0.1) is 0 Å². The fourth-order valence-electron chi connectivity index (χ4n) is 3.30. The van der Waals surface area contributed by atoms with Crippen molar-refractivity contribution in [3.63, 3.8) is 0 Å². The predicted octanol–water partition coefficient (Wildman–Crippen LogP) is 2.66. The monoisotopic (exact) mass is 490 g/mol. The number of aromatic nitrogens is 2. The molecule has 1 aliphatic rings. The number of sulfonamides is 1. The van der Waals surface area contributed by atoms with Crippen molar-refractivity contribution in [3.05, 3.63) is 65.0 Å². The molecule has 2 aromatic carbocycles. The van der Waals surface area contributed by atoms with E-state index in [1.54, 1.807) is 48.5 Å². The first-order chi connectivity index (χ1) is 15.9. The second kappa shape index (κ2) is 10.4. The Balaban J connectivity index is 1.26. The highest BCUT2D eigenvalue weighted by Crippen LogP contribution is 2.19. The molecule has 0 radical (unpaired) electrons. The Bertz CT molecular complexity index is 1190. The van der Waals surface area contributed by atoms with E-state index in [0.29, 0.717) is 49.5 Å². The number of morpholine rings is 1. The Kier molecular flexibility index (Phi) is 7.39. The van der Waals surface area contributed by atoms with Gasteiger partial charge in [0.25, 0.3) is 0 Å². The molecule has 1 aliphatic heterocycles. The molecule has 1 fully saturated rings. The molecule has 174 valence electrons. The average Bonchev–Trinajstić information content (AvgIpc) is 3.32. The van der Waals surface area contributed by atoms with Crippen molar-refractivity contribution in [1.82, 2.24) is 19.8 Å². The number of aryl methyl sites for hydroxylation is 1. The van der Waals surface area contributed by atoms with Crippen LogP contribution < -0.4 is 5.32 Å². The zero-order valence-corrected chi connectivity index (χ0v) is 19.3. The quantitative estimate of drug-likeness (QED) is 0.516. The summed E-state index contributed by atoms with van der Waals surface area (Å²) in [6, 6.07) is 13.6. The van der Waals surface area contributed by atoms with Gasteiger partial charge in [0.05, 0.1) is 18.1 Å². The first-order valence-electron chi connectivity index (χ1n) is 10.4. The molecule has 0 aliphatic carbocycles. The maximum Gasteiger partial charge on any atom is 0.243 e. The van der Waals surface area contributed by atoms with Gasteiger partial charge in [-0.1, -0.05) is 28.9 Å². The van der Waals surface area contributed by atoms with Crippen LogP contribution in [0.1, 0.15) is 17.9 Å². The molecule has 4 rings (SSSR count). The minimum atomic E-state index is -3.53. The van der Waals surface area contributed by atoms with Crippen LogP contribution in [0.3, 0.4) is 0 Å². The number of ether oxygens (including phenoxy) is 1. The summed E-state index contributed by atoms with van der Waals surface area (Å²) in [6.45, 7) is 1.78. The van der Waals surface area contributed by atoms with Crippen LogP contribution in [-0.4, -0.2) is 55.1 Å². The Morgan fingerprint density at radius 3 is 2.45 bits per heavy atom. The SMILES string of the molecule is O=C(CCc1nc(-c2ccc(Cl)cc2)no1)NCc1ccc(S(=O)(=O)N2CCOCC2)cc1. The number of halogens is 1. The zero-order valence-electron chi connectivity index (χ0n) is 17.7. The number of carbonyl (C=O) groups is 1. The Hall–Kier alpha value is -2.79. The smallest absolute Gasteiger partial charge is 0.243 e. The minimum absolute atomic E-state index is 0.175. The van der Waals surface area contributed by atoms with Crippen molar-refractivity contribution in [2.45, 2.75) is 24.3 Å². The molecule has 1 N–H and O–H groups in total. The maximum absolute atomic E-state index is 12.7. The van der Waals surface area contributed by atoms with Crippen LogP contribution in [0.15, 0.2) is 57.9 Å². The largest absolute Gasteiger partial charge is 0.379 e. The van der Waals surface area contributed by atoms with Crippen molar-refractivity contribution in [1.29, 1.82) is 0 Å². The minimum Gasteiger partial charge on any atom is -0.379 e. The number of nitrogens with zero attached hydrogens (tertiary/aromatic N) is 3. The van der Waals surface area contributed by atoms with Crippen LogP contribution in [-0.2, 0) is 32.5 Å². The van der Waals surface area contributed by atoms with E-state index >= 15 is 0 Å². The number of carbonyl (C=O) groups excluding carboxylic acids is 1. The van der Waals surface area contributed by atoms with Crippen molar-refractivity contribution in [2.24, 2.45) is 0 Å². The van der Waals surface area contributed by atoms with Gasteiger partial charge in [-0.25, -0.2) is 8.42 Å². The van der Waals surface area contributed by atoms with E-state index in [4.69, 9.17) is 20.9 Å². The fraction of sp³-hybridized carbons (Fsp3) is 0.318. The topological polar surface area (TPSA) is 115 Å². The van der Waals surface area contributed by atoms with Crippen LogP contribution in [0.25, 0.3) is 11.4 Å². The molecule has 3 aromatic rings. The average molecular weight is 491 g/mol.